The van der Waals surface area contributed by atoms with Gasteiger partial charge in [-0.05, 0) is 19.3 Å². The van der Waals surface area contributed by atoms with Crippen LogP contribution in [0.4, 0.5) is 0 Å². The van der Waals surface area contributed by atoms with E-state index in [2.05, 4.69) is 10.1 Å². The predicted molar refractivity (Wildman–Crippen MR) is 78.5 cm³/mol. The fraction of sp³-hybridized carbons (Fsp3) is 0.438. The zero-order valence-electron chi connectivity index (χ0n) is 12.0. The Morgan fingerprint density at radius 1 is 1.14 bits per heavy atom. The molecule has 1 saturated heterocycles. The smallest absolute Gasteiger partial charge is 0.227 e. The van der Waals surface area contributed by atoms with E-state index < -0.39 is 0 Å². The molecule has 0 N–H and O–H groups in total. The molecule has 5 heteroatoms. The average molecular weight is 285 g/mol. The Hall–Kier alpha value is -2.17. The highest BCUT2D eigenvalue weighted by atomic mass is 16.5. The van der Waals surface area contributed by atoms with Crippen LogP contribution in [0.15, 0.2) is 34.9 Å². The van der Waals surface area contributed by atoms with Gasteiger partial charge in [0.2, 0.25) is 17.6 Å². The van der Waals surface area contributed by atoms with Crippen molar-refractivity contribution in [3.8, 4) is 11.4 Å². The molecule has 1 fully saturated rings. The van der Waals surface area contributed by atoms with Crippen molar-refractivity contribution in [2.45, 2.75) is 32.1 Å². The van der Waals surface area contributed by atoms with Crippen LogP contribution in [0.2, 0.25) is 0 Å². The first-order chi connectivity index (χ1) is 10.3. The van der Waals surface area contributed by atoms with Gasteiger partial charge < -0.3 is 9.42 Å². The van der Waals surface area contributed by atoms with Crippen molar-refractivity contribution in [2.75, 3.05) is 13.1 Å². The van der Waals surface area contributed by atoms with Gasteiger partial charge in [0.15, 0.2) is 0 Å². The lowest BCUT2D eigenvalue weighted by Crippen LogP contribution is -2.35. The number of benzene rings is 1. The minimum atomic E-state index is 0.189. The zero-order valence-corrected chi connectivity index (χ0v) is 12.0. The SMILES string of the molecule is O=C(CCc1nc(-c2ccccc2)no1)N1CCCCC1. The Morgan fingerprint density at radius 2 is 1.90 bits per heavy atom. The molecule has 1 aromatic carbocycles. The quantitative estimate of drug-likeness (QED) is 0.866. The number of aromatic nitrogens is 2. The third kappa shape index (κ3) is 3.48. The summed E-state index contributed by atoms with van der Waals surface area (Å²) in [4.78, 5) is 18.4. The van der Waals surface area contributed by atoms with Gasteiger partial charge in [-0.15, -0.1) is 0 Å². The van der Waals surface area contributed by atoms with E-state index in [1.807, 2.05) is 35.2 Å². The van der Waals surface area contributed by atoms with Gasteiger partial charge in [-0.2, -0.15) is 4.98 Å². The zero-order chi connectivity index (χ0) is 14.5. The van der Waals surface area contributed by atoms with Gasteiger partial charge in [0, 0.05) is 31.5 Å². The summed E-state index contributed by atoms with van der Waals surface area (Å²) in [5, 5.41) is 3.97. The van der Waals surface area contributed by atoms with Gasteiger partial charge >= 0.3 is 0 Å². The summed E-state index contributed by atoms with van der Waals surface area (Å²) in [5.41, 5.74) is 0.926. The van der Waals surface area contributed by atoms with Gasteiger partial charge in [-0.3, -0.25) is 4.79 Å². The Bertz CT molecular complexity index is 589. The van der Waals surface area contributed by atoms with Crippen LogP contribution in [0, 0.1) is 0 Å². The normalized spacial score (nSPS) is 15.1. The van der Waals surface area contributed by atoms with Crippen molar-refractivity contribution in [3.63, 3.8) is 0 Å². The number of carbonyl (C=O) groups is 1. The van der Waals surface area contributed by atoms with Crippen LogP contribution in [0.3, 0.4) is 0 Å². The average Bonchev–Trinajstić information content (AvgIpc) is 3.03. The van der Waals surface area contributed by atoms with Crippen molar-refractivity contribution < 1.29 is 9.32 Å². The number of rotatable bonds is 4. The Labute approximate surface area is 124 Å². The molecule has 0 radical (unpaired) electrons. The maximum Gasteiger partial charge on any atom is 0.227 e. The van der Waals surface area contributed by atoms with Crippen LogP contribution in [-0.4, -0.2) is 34.0 Å². The third-order valence-electron chi connectivity index (χ3n) is 3.76. The molecule has 5 nitrogen and oxygen atoms in total. The number of piperidine rings is 1. The number of likely N-dealkylation sites (tertiary alicyclic amines) is 1. The number of nitrogens with zero attached hydrogens (tertiary/aromatic N) is 3. The molecule has 0 spiro atoms. The maximum atomic E-state index is 12.1. The second kappa shape index (κ2) is 6.52. The van der Waals surface area contributed by atoms with E-state index in [4.69, 9.17) is 4.52 Å². The largest absolute Gasteiger partial charge is 0.343 e. The van der Waals surface area contributed by atoms with Crippen molar-refractivity contribution >= 4 is 5.91 Å². The molecule has 0 bridgehead atoms. The van der Waals surface area contributed by atoms with E-state index in [1.54, 1.807) is 0 Å². The molecule has 1 aliphatic rings. The first-order valence-corrected chi connectivity index (χ1v) is 7.49. The first kappa shape index (κ1) is 13.8. The summed E-state index contributed by atoms with van der Waals surface area (Å²) in [6.45, 7) is 1.77. The minimum Gasteiger partial charge on any atom is -0.343 e. The van der Waals surface area contributed by atoms with E-state index in [0.29, 0.717) is 24.6 Å². The standard InChI is InChI=1S/C16H19N3O2/c20-15(19-11-5-2-6-12-19)10-9-14-17-16(18-21-14)13-7-3-1-4-8-13/h1,3-4,7-8H,2,5-6,9-12H2. The summed E-state index contributed by atoms with van der Waals surface area (Å²) in [5.74, 6) is 1.30. The molecule has 0 unspecified atom stereocenters. The molecule has 110 valence electrons. The van der Waals surface area contributed by atoms with E-state index in [-0.39, 0.29) is 5.91 Å². The van der Waals surface area contributed by atoms with Crippen LogP contribution in [0.5, 0.6) is 0 Å². The Balaban J connectivity index is 1.56. The molecule has 1 aromatic heterocycles. The molecular formula is C16H19N3O2. The monoisotopic (exact) mass is 285 g/mol. The van der Waals surface area contributed by atoms with Crippen LogP contribution in [0.25, 0.3) is 11.4 Å². The molecule has 0 saturated carbocycles. The van der Waals surface area contributed by atoms with Gasteiger partial charge in [-0.1, -0.05) is 35.5 Å². The number of carbonyl (C=O) groups excluding carboxylic acids is 1. The maximum absolute atomic E-state index is 12.1. The van der Waals surface area contributed by atoms with E-state index in [0.717, 1.165) is 31.5 Å². The number of hydrogen-bond donors (Lipinski definition) is 0. The summed E-state index contributed by atoms with van der Waals surface area (Å²) in [6.07, 6.45) is 4.41. The second-order valence-corrected chi connectivity index (χ2v) is 5.32. The summed E-state index contributed by atoms with van der Waals surface area (Å²) in [6, 6.07) is 9.69. The Morgan fingerprint density at radius 3 is 2.67 bits per heavy atom. The lowest BCUT2D eigenvalue weighted by atomic mass is 10.1. The molecule has 0 atom stereocenters. The van der Waals surface area contributed by atoms with Gasteiger partial charge in [-0.25, -0.2) is 0 Å². The molecule has 1 aliphatic heterocycles. The number of hydrogen-bond acceptors (Lipinski definition) is 4. The van der Waals surface area contributed by atoms with Crippen LogP contribution in [-0.2, 0) is 11.2 Å². The van der Waals surface area contributed by atoms with Crippen molar-refractivity contribution in [3.05, 3.63) is 36.2 Å². The van der Waals surface area contributed by atoms with E-state index in [9.17, 15) is 4.79 Å². The fourth-order valence-corrected chi connectivity index (χ4v) is 2.58. The summed E-state index contributed by atoms with van der Waals surface area (Å²) in [7, 11) is 0. The number of amides is 1. The van der Waals surface area contributed by atoms with Crippen LogP contribution in [0.1, 0.15) is 31.6 Å². The van der Waals surface area contributed by atoms with E-state index in [1.165, 1.54) is 6.42 Å². The van der Waals surface area contributed by atoms with Crippen molar-refractivity contribution in [1.82, 2.24) is 15.0 Å². The van der Waals surface area contributed by atoms with Gasteiger partial charge in [0.05, 0.1) is 0 Å². The molecular weight excluding hydrogens is 266 g/mol. The highest BCUT2D eigenvalue weighted by molar-refractivity contribution is 5.76. The third-order valence-corrected chi connectivity index (χ3v) is 3.76. The highest BCUT2D eigenvalue weighted by Crippen LogP contribution is 2.16. The molecule has 2 aromatic rings. The highest BCUT2D eigenvalue weighted by Gasteiger charge is 2.17. The lowest BCUT2D eigenvalue weighted by molar-refractivity contribution is -0.132. The van der Waals surface area contributed by atoms with Gasteiger partial charge in [0.25, 0.3) is 0 Å². The molecule has 3 rings (SSSR count). The minimum absolute atomic E-state index is 0.189. The first-order valence-electron chi connectivity index (χ1n) is 7.49. The van der Waals surface area contributed by atoms with Crippen molar-refractivity contribution in [1.29, 1.82) is 0 Å². The fourth-order valence-electron chi connectivity index (χ4n) is 2.58. The summed E-state index contributed by atoms with van der Waals surface area (Å²) < 4.78 is 5.22. The number of aryl methyl sites for hydroxylation is 1. The van der Waals surface area contributed by atoms with Gasteiger partial charge in [0.1, 0.15) is 0 Å². The van der Waals surface area contributed by atoms with Crippen LogP contribution < -0.4 is 0 Å². The van der Waals surface area contributed by atoms with Crippen molar-refractivity contribution in [2.24, 2.45) is 0 Å². The molecule has 0 aliphatic carbocycles. The molecule has 21 heavy (non-hydrogen) atoms. The lowest BCUT2D eigenvalue weighted by Gasteiger charge is -2.26. The second-order valence-electron chi connectivity index (χ2n) is 5.32. The Kier molecular flexibility index (Phi) is 4.28. The topological polar surface area (TPSA) is 59.2 Å². The molecule has 1 amide bonds. The molecule has 2 heterocycles. The summed E-state index contributed by atoms with van der Waals surface area (Å²) >= 11 is 0. The van der Waals surface area contributed by atoms with E-state index >= 15 is 0 Å². The predicted octanol–water partition coefficient (Wildman–Crippen LogP) is 2.68. The van der Waals surface area contributed by atoms with Crippen LogP contribution >= 0.6 is 0 Å².